The minimum atomic E-state index is -0.167. The van der Waals surface area contributed by atoms with E-state index >= 15 is 0 Å². The van der Waals surface area contributed by atoms with Crippen LogP contribution in [0.2, 0.25) is 0 Å². The molecule has 1 aromatic carbocycles. The van der Waals surface area contributed by atoms with E-state index in [9.17, 15) is 9.59 Å². The lowest BCUT2D eigenvalue weighted by atomic mass is 10.1. The number of ether oxygens (including phenoxy) is 1. The second-order valence-corrected chi connectivity index (χ2v) is 4.78. The number of hydrogen-bond donors (Lipinski definition) is 1. The van der Waals surface area contributed by atoms with E-state index in [1.54, 1.807) is 12.1 Å². The van der Waals surface area contributed by atoms with E-state index in [0.29, 0.717) is 17.2 Å². The molecule has 0 atom stereocenters. The molecular formula is C13H11NO3S. The van der Waals surface area contributed by atoms with Crippen LogP contribution >= 0.6 is 11.8 Å². The minimum Gasteiger partial charge on any atom is -0.482 e. The molecule has 1 aliphatic rings. The van der Waals surface area contributed by atoms with Crippen molar-refractivity contribution in [3.63, 3.8) is 0 Å². The highest BCUT2D eigenvalue weighted by Crippen LogP contribution is 2.28. The third-order valence-electron chi connectivity index (χ3n) is 2.19. The molecule has 1 aliphatic heterocycles. The summed E-state index contributed by atoms with van der Waals surface area (Å²) in [7, 11) is 0. The molecule has 2 rings (SSSR count). The van der Waals surface area contributed by atoms with Crippen molar-refractivity contribution >= 4 is 28.5 Å². The molecule has 5 heteroatoms. The van der Waals surface area contributed by atoms with Crippen LogP contribution < -0.4 is 10.1 Å². The van der Waals surface area contributed by atoms with Gasteiger partial charge in [0.2, 0.25) is 0 Å². The van der Waals surface area contributed by atoms with Crippen LogP contribution in [0, 0.1) is 11.8 Å². The molecule has 4 nitrogen and oxygen atoms in total. The first-order valence-electron chi connectivity index (χ1n) is 5.34. The molecule has 1 N–H and O–H groups in total. The number of benzene rings is 1. The predicted octanol–water partition coefficient (Wildman–Crippen LogP) is 1.65. The topological polar surface area (TPSA) is 55.4 Å². The first kappa shape index (κ1) is 12.5. The normalized spacial score (nSPS) is 12.6. The average Bonchev–Trinajstić information content (AvgIpc) is 2.34. The molecule has 0 saturated heterocycles. The predicted molar refractivity (Wildman–Crippen MR) is 70.6 cm³/mol. The van der Waals surface area contributed by atoms with Gasteiger partial charge >= 0.3 is 0 Å². The molecule has 1 heterocycles. The van der Waals surface area contributed by atoms with Crippen LogP contribution in [0.15, 0.2) is 18.2 Å². The summed E-state index contributed by atoms with van der Waals surface area (Å²) in [5.74, 6) is 6.78. The summed E-state index contributed by atoms with van der Waals surface area (Å²) in [6, 6.07) is 5.36. The van der Waals surface area contributed by atoms with Crippen molar-refractivity contribution in [1.82, 2.24) is 0 Å². The number of nitrogens with one attached hydrogen (secondary N) is 1. The van der Waals surface area contributed by atoms with Gasteiger partial charge < -0.3 is 10.1 Å². The van der Waals surface area contributed by atoms with Crippen LogP contribution in [-0.2, 0) is 9.59 Å². The smallest absolute Gasteiger partial charge is 0.262 e. The van der Waals surface area contributed by atoms with Gasteiger partial charge in [0, 0.05) is 12.5 Å². The van der Waals surface area contributed by atoms with E-state index in [1.165, 1.54) is 18.7 Å². The second kappa shape index (κ2) is 5.61. The molecular weight excluding hydrogens is 250 g/mol. The van der Waals surface area contributed by atoms with Crippen molar-refractivity contribution in [2.45, 2.75) is 6.92 Å². The van der Waals surface area contributed by atoms with E-state index in [4.69, 9.17) is 4.74 Å². The molecule has 1 aromatic rings. The lowest BCUT2D eigenvalue weighted by Crippen LogP contribution is -2.25. The lowest BCUT2D eigenvalue weighted by Gasteiger charge is -2.17. The van der Waals surface area contributed by atoms with Crippen LogP contribution in [-0.4, -0.2) is 23.4 Å². The fraction of sp³-hybridized carbons (Fsp3) is 0.231. The Morgan fingerprint density at radius 3 is 3.17 bits per heavy atom. The quantitative estimate of drug-likeness (QED) is 0.781. The maximum absolute atomic E-state index is 11.2. The van der Waals surface area contributed by atoms with E-state index in [2.05, 4.69) is 17.2 Å². The Hall–Kier alpha value is -1.93. The molecule has 0 unspecified atom stereocenters. The summed E-state index contributed by atoms with van der Waals surface area (Å²) in [5.41, 5.74) is 1.42. The lowest BCUT2D eigenvalue weighted by molar-refractivity contribution is -0.118. The number of fused-ring (bicyclic) bond motifs is 1. The number of carbonyl (C=O) groups is 2. The van der Waals surface area contributed by atoms with Crippen molar-refractivity contribution in [3.05, 3.63) is 23.8 Å². The Kier molecular flexibility index (Phi) is 3.90. The zero-order valence-electron chi connectivity index (χ0n) is 9.78. The number of thioether (sulfide) groups is 1. The van der Waals surface area contributed by atoms with Gasteiger partial charge in [0.1, 0.15) is 5.75 Å². The Labute approximate surface area is 109 Å². The van der Waals surface area contributed by atoms with Crippen molar-refractivity contribution in [2.75, 3.05) is 17.7 Å². The van der Waals surface area contributed by atoms with E-state index in [1.807, 2.05) is 6.07 Å². The molecule has 0 saturated carbocycles. The van der Waals surface area contributed by atoms with Gasteiger partial charge in [-0.3, -0.25) is 9.59 Å². The Balaban J connectivity index is 2.08. The fourth-order valence-electron chi connectivity index (χ4n) is 1.44. The number of anilines is 1. The monoisotopic (exact) mass is 261 g/mol. The summed E-state index contributed by atoms with van der Waals surface area (Å²) in [5, 5.41) is 2.77. The Bertz CT molecular complexity index is 557. The Morgan fingerprint density at radius 2 is 2.39 bits per heavy atom. The molecule has 0 radical (unpaired) electrons. The number of carbonyl (C=O) groups excluding carboxylic acids is 2. The van der Waals surface area contributed by atoms with E-state index in [0.717, 1.165) is 5.56 Å². The second-order valence-electron chi connectivity index (χ2n) is 3.63. The third-order valence-corrected chi connectivity index (χ3v) is 2.89. The van der Waals surface area contributed by atoms with Crippen molar-refractivity contribution < 1.29 is 14.3 Å². The highest BCUT2D eigenvalue weighted by Gasteiger charge is 2.15. The molecule has 0 spiro atoms. The van der Waals surface area contributed by atoms with Crippen LogP contribution in [0.3, 0.4) is 0 Å². The van der Waals surface area contributed by atoms with Crippen molar-refractivity contribution in [1.29, 1.82) is 0 Å². The minimum absolute atomic E-state index is 0.0489. The van der Waals surface area contributed by atoms with Crippen LogP contribution in [0.5, 0.6) is 5.75 Å². The number of amides is 1. The van der Waals surface area contributed by atoms with E-state index < -0.39 is 0 Å². The molecule has 1 amide bonds. The SMILES string of the molecule is CC(=O)SCC#Cc1ccc2c(c1)NC(=O)CO2. The molecule has 92 valence electrons. The van der Waals surface area contributed by atoms with Gasteiger partial charge in [-0.15, -0.1) is 0 Å². The van der Waals surface area contributed by atoms with Gasteiger partial charge in [0.15, 0.2) is 11.7 Å². The molecule has 0 aromatic heterocycles. The summed E-state index contributed by atoms with van der Waals surface area (Å²) < 4.78 is 5.24. The first-order chi connectivity index (χ1) is 8.65. The van der Waals surface area contributed by atoms with Gasteiger partial charge in [-0.05, 0) is 18.2 Å². The van der Waals surface area contributed by atoms with E-state index in [-0.39, 0.29) is 17.6 Å². The maximum atomic E-state index is 11.2. The maximum Gasteiger partial charge on any atom is 0.262 e. The zero-order valence-corrected chi connectivity index (χ0v) is 10.6. The first-order valence-corrected chi connectivity index (χ1v) is 6.32. The summed E-state index contributed by atoms with van der Waals surface area (Å²) in [6.07, 6.45) is 0. The van der Waals surface area contributed by atoms with Crippen LogP contribution in [0.4, 0.5) is 5.69 Å². The zero-order chi connectivity index (χ0) is 13.0. The standard InChI is InChI=1S/C13H11NO3S/c1-9(15)18-6-2-3-10-4-5-12-11(7-10)14-13(16)8-17-12/h4-5,7H,6,8H2,1H3,(H,14,16). The molecule has 18 heavy (non-hydrogen) atoms. The number of rotatable bonds is 1. The third kappa shape index (κ3) is 3.28. The molecule has 0 bridgehead atoms. The highest BCUT2D eigenvalue weighted by atomic mass is 32.2. The van der Waals surface area contributed by atoms with Gasteiger partial charge in [-0.25, -0.2) is 0 Å². The molecule has 0 fully saturated rings. The highest BCUT2D eigenvalue weighted by molar-refractivity contribution is 8.13. The van der Waals surface area contributed by atoms with Crippen LogP contribution in [0.1, 0.15) is 12.5 Å². The fourth-order valence-corrected chi connectivity index (χ4v) is 1.78. The summed E-state index contributed by atoms with van der Waals surface area (Å²) >= 11 is 1.17. The number of hydrogen-bond acceptors (Lipinski definition) is 4. The summed E-state index contributed by atoms with van der Waals surface area (Å²) in [6.45, 7) is 1.56. The van der Waals surface area contributed by atoms with Gasteiger partial charge in [-0.1, -0.05) is 23.6 Å². The van der Waals surface area contributed by atoms with Crippen molar-refractivity contribution in [3.8, 4) is 17.6 Å². The molecule has 0 aliphatic carbocycles. The summed E-state index contributed by atoms with van der Waals surface area (Å²) in [4.78, 5) is 21.9. The Morgan fingerprint density at radius 1 is 1.56 bits per heavy atom. The van der Waals surface area contributed by atoms with Gasteiger partial charge in [0.25, 0.3) is 5.91 Å². The van der Waals surface area contributed by atoms with Crippen LogP contribution in [0.25, 0.3) is 0 Å². The van der Waals surface area contributed by atoms with Gasteiger partial charge in [0.05, 0.1) is 11.4 Å². The van der Waals surface area contributed by atoms with Gasteiger partial charge in [-0.2, -0.15) is 0 Å². The largest absolute Gasteiger partial charge is 0.482 e. The van der Waals surface area contributed by atoms with Crippen molar-refractivity contribution in [2.24, 2.45) is 0 Å². The average molecular weight is 261 g/mol.